The molecular formula is C18H15N5O4. The van der Waals surface area contributed by atoms with Crippen molar-refractivity contribution in [2.24, 2.45) is 0 Å². The van der Waals surface area contributed by atoms with E-state index in [0.717, 1.165) is 0 Å². The van der Waals surface area contributed by atoms with Crippen LogP contribution in [0.25, 0.3) is 5.69 Å². The molecule has 3 aromatic rings. The van der Waals surface area contributed by atoms with E-state index in [-0.39, 0.29) is 11.3 Å². The maximum atomic E-state index is 12.1. The smallest absolute Gasteiger partial charge is 0.338 e. The van der Waals surface area contributed by atoms with Crippen LogP contribution in [0.4, 0.5) is 5.69 Å². The lowest BCUT2D eigenvalue weighted by Crippen LogP contribution is -2.22. The zero-order valence-electron chi connectivity index (χ0n) is 14.3. The molecule has 3 rings (SSSR count). The molecule has 9 nitrogen and oxygen atoms in total. The predicted molar refractivity (Wildman–Crippen MR) is 94.5 cm³/mol. The van der Waals surface area contributed by atoms with E-state index in [1.165, 1.54) is 17.9 Å². The number of aromatic nitrogens is 4. The Bertz CT molecular complexity index is 968. The average molecular weight is 365 g/mol. The lowest BCUT2D eigenvalue weighted by atomic mass is 10.1. The van der Waals surface area contributed by atoms with Crippen LogP contribution in [0.2, 0.25) is 0 Å². The van der Waals surface area contributed by atoms with Crippen LogP contribution < -0.4 is 5.32 Å². The topological polar surface area (TPSA) is 116 Å². The number of hydrogen-bond acceptors (Lipinski definition) is 7. The van der Waals surface area contributed by atoms with Crippen LogP contribution in [-0.4, -0.2) is 44.5 Å². The molecule has 0 aliphatic rings. The summed E-state index contributed by atoms with van der Waals surface area (Å²) in [6.07, 6.45) is 1.43. The van der Waals surface area contributed by atoms with E-state index >= 15 is 0 Å². The summed E-state index contributed by atoms with van der Waals surface area (Å²) in [6, 6.07) is 13.0. The van der Waals surface area contributed by atoms with E-state index in [4.69, 9.17) is 4.74 Å². The number of carbonyl (C=O) groups is 3. The summed E-state index contributed by atoms with van der Waals surface area (Å²) in [5, 5.41) is 13.4. The Balaban J connectivity index is 1.57. The minimum absolute atomic E-state index is 0.175. The molecule has 0 saturated heterocycles. The number of esters is 1. The number of rotatable bonds is 6. The third-order valence-corrected chi connectivity index (χ3v) is 3.63. The third-order valence-electron chi connectivity index (χ3n) is 3.63. The Hall–Kier alpha value is -3.88. The van der Waals surface area contributed by atoms with Gasteiger partial charge in [0.15, 0.2) is 12.4 Å². The van der Waals surface area contributed by atoms with Gasteiger partial charge in [-0.1, -0.05) is 12.1 Å². The second-order valence-electron chi connectivity index (χ2n) is 5.53. The number of benzene rings is 2. The minimum atomic E-state index is -0.645. The number of ether oxygens (including phenoxy) is 1. The van der Waals surface area contributed by atoms with Gasteiger partial charge < -0.3 is 10.1 Å². The van der Waals surface area contributed by atoms with Gasteiger partial charge in [-0.05, 0) is 53.7 Å². The van der Waals surface area contributed by atoms with Crippen molar-refractivity contribution < 1.29 is 19.1 Å². The summed E-state index contributed by atoms with van der Waals surface area (Å²) < 4.78 is 6.45. The Morgan fingerprint density at radius 1 is 1.07 bits per heavy atom. The second kappa shape index (κ2) is 8.00. The molecule has 0 fully saturated rings. The van der Waals surface area contributed by atoms with Gasteiger partial charge in [-0.15, -0.1) is 5.10 Å². The van der Waals surface area contributed by atoms with E-state index in [2.05, 4.69) is 20.8 Å². The quantitative estimate of drug-likeness (QED) is 0.521. The lowest BCUT2D eigenvalue weighted by Gasteiger charge is -2.09. The lowest BCUT2D eigenvalue weighted by molar-refractivity contribution is -0.119. The van der Waals surface area contributed by atoms with Crippen LogP contribution in [0.1, 0.15) is 27.6 Å². The van der Waals surface area contributed by atoms with Gasteiger partial charge >= 0.3 is 5.97 Å². The van der Waals surface area contributed by atoms with Gasteiger partial charge in [0.1, 0.15) is 6.33 Å². The summed E-state index contributed by atoms with van der Waals surface area (Å²) in [6.45, 7) is 0.934. The van der Waals surface area contributed by atoms with Crippen molar-refractivity contribution in [2.45, 2.75) is 6.92 Å². The fourth-order valence-corrected chi connectivity index (χ4v) is 2.33. The summed E-state index contributed by atoms with van der Waals surface area (Å²) in [5.74, 6) is -1.36. The van der Waals surface area contributed by atoms with Crippen molar-refractivity contribution in [3.8, 4) is 5.69 Å². The average Bonchev–Trinajstić information content (AvgIpc) is 3.21. The van der Waals surface area contributed by atoms with Crippen molar-refractivity contribution in [3.63, 3.8) is 0 Å². The summed E-state index contributed by atoms with van der Waals surface area (Å²) in [4.78, 5) is 35.6. The van der Waals surface area contributed by atoms with Crippen LogP contribution in [0.15, 0.2) is 54.9 Å². The number of hydrogen-bond donors (Lipinski definition) is 1. The van der Waals surface area contributed by atoms with Crippen LogP contribution >= 0.6 is 0 Å². The number of nitrogens with zero attached hydrogens (tertiary/aromatic N) is 4. The number of carbonyl (C=O) groups excluding carboxylic acids is 3. The van der Waals surface area contributed by atoms with Crippen LogP contribution in [0.3, 0.4) is 0 Å². The van der Waals surface area contributed by atoms with Gasteiger partial charge in [0, 0.05) is 5.56 Å². The van der Waals surface area contributed by atoms with Gasteiger partial charge in [0.25, 0.3) is 5.91 Å². The highest BCUT2D eigenvalue weighted by atomic mass is 16.5. The van der Waals surface area contributed by atoms with Crippen molar-refractivity contribution in [2.75, 3.05) is 11.9 Å². The van der Waals surface area contributed by atoms with E-state index in [0.29, 0.717) is 16.9 Å². The Labute approximate surface area is 154 Å². The first-order valence-corrected chi connectivity index (χ1v) is 7.95. The maximum absolute atomic E-state index is 12.1. The molecule has 0 bridgehead atoms. The molecule has 2 aromatic carbocycles. The van der Waals surface area contributed by atoms with Crippen molar-refractivity contribution in [1.82, 2.24) is 20.2 Å². The van der Waals surface area contributed by atoms with Crippen LogP contribution in [-0.2, 0) is 9.53 Å². The van der Waals surface area contributed by atoms with Crippen molar-refractivity contribution >= 4 is 23.3 Å². The van der Waals surface area contributed by atoms with E-state index < -0.39 is 18.5 Å². The number of Topliss-reactive ketones (excluding diaryl/α,β-unsaturated/α-hetero) is 1. The summed E-state index contributed by atoms with van der Waals surface area (Å²) in [5.41, 5.74) is 1.71. The number of nitrogens with one attached hydrogen (secondary N) is 1. The third kappa shape index (κ3) is 4.40. The monoisotopic (exact) mass is 365 g/mol. The molecule has 1 amide bonds. The number of anilines is 1. The molecule has 27 heavy (non-hydrogen) atoms. The minimum Gasteiger partial charge on any atom is -0.452 e. The fourth-order valence-electron chi connectivity index (χ4n) is 2.33. The highest BCUT2D eigenvalue weighted by molar-refractivity contribution is 6.04. The van der Waals surface area contributed by atoms with Crippen molar-refractivity contribution in [1.29, 1.82) is 0 Å². The number of amides is 1. The Morgan fingerprint density at radius 2 is 1.81 bits per heavy atom. The van der Waals surface area contributed by atoms with Crippen molar-refractivity contribution in [3.05, 3.63) is 66.0 Å². The zero-order valence-corrected chi connectivity index (χ0v) is 14.3. The van der Waals surface area contributed by atoms with Gasteiger partial charge in [-0.2, -0.15) is 0 Å². The first kappa shape index (κ1) is 17.9. The first-order valence-electron chi connectivity index (χ1n) is 7.95. The van der Waals surface area contributed by atoms with Crippen LogP contribution in [0.5, 0.6) is 0 Å². The van der Waals surface area contributed by atoms with Gasteiger partial charge in [-0.25, -0.2) is 9.48 Å². The Morgan fingerprint density at radius 3 is 2.48 bits per heavy atom. The van der Waals surface area contributed by atoms with E-state index in [9.17, 15) is 14.4 Å². The molecule has 0 saturated carbocycles. The van der Waals surface area contributed by atoms with Gasteiger partial charge in [0.05, 0.1) is 16.9 Å². The first-order chi connectivity index (χ1) is 13.0. The molecule has 9 heteroatoms. The second-order valence-corrected chi connectivity index (χ2v) is 5.53. The molecule has 1 aromatic heterocycles. The normalized spacial score (nSPS) is 10.3. The molecule has 0 aliphatic carbocycles. The fraction of sp³-hybridized carbons (Fsp3) is 0.111. The number of ketones is 1. The molecule has 0 atom stereocenters. The zero-order chi connectivity index (χ0) is 19.2. The molecule has 0 aliphatic heterocycles. The highest BCUT2D eigenvalue weighted by Gasteiger charge is 2.13. The van der Waals surface area contributed by atoms with Gasteiger partial charge in [-0.3, -0.25) is 9.59 Å². The molecule has 136 valence electrons. The molecule has 1 heterocycles. The number of para-hydroxylation sites is 1. The van der Waals surface area contributed by atoms with E-state index in [1.807, 2.05) is 0 Å². The highest BCUT2D eigenvalue weighted by Crippen LogP contribution is 2.15. The van der Waals surface area contributed by atoms with E-state index in [1.54, 1.807) is 48.5 Å². The summed E-state index contributed by atoms with van der Waals surface area (Å²) >= 11 is 0. The summed E-state index contributed by atoms with van der Waals surface area (Å²) in [7, 11) is 0. The molecule has 0 spiro atoms. The predicted octanol–water partition coefficient (Wildman–Crippen LogP) is 1.66. The standard InChI is InChI=1S/C18H15N5O4/c1-12(24)15-4-2-3-5-16(15)20-17(25)10-27-18(26)13-6-8-14(9-7-13)23-11-19-21-22-23/h2-9,11H,10H2,1H3,(H,20,25). The molecule has 0 unspecified atom stereocenters. The Kier molecular flexibility index (Phi) is 5.31. The van der Waals surface area contributed by atoms with Crippen LogP contribution in [0, 0.1) is 0 Å². The number of tetrazole rings is 1. The largest absolute Gasteiger partial charge is 0.452 e. The van der Waals surface area contributed by atoms with Gasteiger partial charge in [0.2, 0.25) is 0 Å². The molecule has 0 radical (unpaired) electrons. The maximum Gasteiger partial charge on any atom is 0.338 e. The molecular weight excluding hydrogens is 350 g/mol. The SMILES string of the molecule is CC(=O)c1ccccc1NC(=O)COC(=O)c1ccc(-n2cnnn2)cc1. The molecule has 1 N–H and O–H groups in total.